The lowest BCUT2D eigenvalue weighted by Gasteiger charge is -2.03. The Morgan fingerprint density at radius 2 is 2.27 bits per heavy atom. The molecule has 2 rings (SSSR count). The Balaban J connectivity index is 2.24. The molecule has 0 aliphatic rings. The van der Waals surface area contributed by atoms with Gasteiger partial charge in [-0.05, 0) is 41.1 Å². The molecule has 0 saturated carbocycles. The molecule has 0 atom stereocenters. The van der Waals surface area contributed by atoms with Gasteiger partial charge in [-0.25, -0.2) is 4.39 Å². The molecule has 0 bridgehead atoms. The van der Waals surface area contributed by atoms with E-state index < -0.39 is 0 Å². The number of halogens is 2. The van der Waals surface area contributed by atoms with Gasteiger partial charge in [-0.15, -0.1) is 0 Å². The van der Waals surface area contributed by atoms with Crippen LogP contribution in [-0.2, 0) is 0 Å². The summed E-state index contributed by atoms with van der Waals surface area (Å²) in [4.78, 5) is 4.04. The lowest BCUT2D eigenvalue weighted by atomic mass is 10.3. The SMILES string of the molecule is Cc1nsc(Oc2ccc(F)cc2Br)n1. The average Bonchev–Trinajstić information content (AvgIpc) is 2.56. The third-order valence-corrected chi connectivity index (χ3v) is 2.91. The number of aryl methyl sites for hydroxylation is 1. The van der Waals surface area contributed by atoms with Gasteiger partial charge in [0.25, 0.3) is 5.19 Å². The largest absolute Gasteiger partial charge is 0.429 e. The monoisotopic (exact) mass is 288 g/mol. The van der Waals surface area contributed by atoms with Crippen molar-refractivity contribution in [2.24, 2.45) is 0 Å². The van der Waals surface area contributed by atoms with Gasteiger partial charge in [0.1, 0.15) is 17.4 Å². The van der Waals surface area contributed by atoms with E-state index in [-0.39, 0.29) is 5.82 Å². The maximum Gasteiger partial charge on any atom is 0.298 e. The van der Waals surface area contributed by atoms with Gasteiger partial charge in [-0.1, -0.05) is 0 Å². The Morgan fingerprint density at radius 1 is 1.47 bits per heavy atom. The predicted molar refractivity (Wildman–Crippen MR) is 58.8 cm³/mol. The highest BCUT2D eigenvalue weighted by atomic mass is 79.9. The van der Waals surface area contributed by atoms with E-state index in [1.807, 2.05) is 0 Å². The normalized spacial score (nSPS) is 10.3. The molecule has 0 amide bonds. The molecule has 0 N–H and O–H groups in total. The Kier molecular flexibility index (Phi) is 2.97. The van der Waals surface area contributed by atoms with Gasteiger partial charge in [0.15, 0.2) is 0 Å². The van der Waals surface area contributed by atoms with Crippen LogP contribution in [0.15, 0.2) is 22.7 Å². The number of aromatic nitrogens is 2. The molecule has 0 fully saturated rings. The molecule has 0 spiro atoms. The zero-order valence-electron chi connectivity index (χ0n) is 7.70. The van der Waals surface area contributed by atoms with Crippen molar-refractivity contribution in [1.82, 2.24) is 9.36 Å². The van der Waals surface area contributed by atoms with Gasteiger partial charge >= 0.3 is 0 Å². The second-order valence-corrected chi connectivity index (χ2v) is 4.35. The molecular weight excluding hydrogens is 283 g/mol. The Hall–Kier alpha value is -1.01. The number of ether oxygens (including phenoxy) is 1. The first-order valence-electron chi connectivity index (χ1n) is 4.08. The van der Waals surface area contributed by atoms with E-state index in [2.05, 4.69) is 25.3 Å². The zero-order valence-corrected chi connectivity index (χ0v) is 10.1. The molecule has 0 radical (unpaired) electrons. The van der Waals surface area contributed by atoms with Gasteiger partial charge in [0.2, 0.25) is 0 Å². The molecule has 0 unspecified atom stereocenters. The second-order valence-electron chi connectivity index (χ2n) is 2.78. The molecule has 2 aromatic rings. The van der Waals surface area contributed by atoms with Crippen LogP contribution in [0.2, 0.25) is 0 Å². The van der Waals surface area contributed by atoms with E-state index in [0.717, 1.165) is 11.5 Å². The number of nitrogens with zero attached hydrogens (tertiary/aromatic N) is 2. The Morgan fingerprint density at radius 3 is 2.87 bits per heavy atom. The fraction of sp³-hybridized carbons (Fsp3) is 0.111. The topological polar surface area (TPSA) is 35.0 Å². The number of benzene rings is 1. The van der Waals surface area contributed by atoms with Crippen molar-refractivity contribution < 1.29 is 9.13 Å². The van der Waals surface area contributed by atoms with Gasteiger partial charge in [-0.2, -0.15) is 9.36 Å². The molecule has 1 heterocycles. The van der Waals surface area contributed by atoms with Gasteiger partial charge in [0, 0.05) is 11.5 Å². The average molecular weight is 289 g/mol. The summed E-state index contributed by atoms with van der Waals surface area (Å²) in [7, 11) is 0. The summed E-state index contributed by atoms with van der Waals surface area (Å²) in [6.45, 7) is 1.78. The lowest BCUT2D eigenvalue weighted by molar-refractivity contribution is 0.472. The van der Waals surface area contributed by atoms with Crippen LogP contribution in [0.5, 0.6) is 10.9 Å². The molecule has 0 aliphatic heterocycles. The van der Waals surface area contributed by atoms with Crippen molar-refractivity contribution in [3.63, 3.8) is 0 Å². The summed E-state index contributed by atoms with van der Waals surface area (Å²) in [6, 6.07) is 4.20. The quantitative estimate of drug-likeness (QED) is 0.848. The maximum absolute atomic E-state index is 12.8. The zero-order chi connectivity index (χ0) is 10.8. The summed E-state index contributed by atoms with van der Waals surface area (Å²) in [5.74, 6) is 0.864. The molecule has 0 aliphatic carbocycles. The Bertz CT molecular complexity index is 489. The minimum atomic E-state index is -0.317. The van der Waals surface area contributed by atoms with Gasteiger partial charge in [0.05, 0.1) is 4.47 Å². The van der Waals surface area contributed by atoms with Gasteiger partial charge < -0.3 is 4.74 Å². The highest BCUT2D eigenvalue weighted by Gasteiger charge is 2.07. The smallest absolute Gasteiger partial charge is 0.298 e. The molecule has 15 heavy (non-hydrogen) atoms. The van der Waals surface area contributed by atoms with Crippen molar-refractivity contribution in [2.75, 3.05) is 0 Å². The standard InChI is InChI=1S/C9H6BrFN2OS/c1-5-12-9(15-13-5)14-8-3-2-6(11)4-7(8)10/h2-4H,1H3. The van der Waals surface area contributed by atoms with E-state index in [0.29, 0.717) is 21.2 Å². The second kappa shape index (κ2) is 4.24. The van der Waals surface area contributed by atoms with Crippen molar-refractivity contribution in [2.45, 2.75) is 6.92 Å². The maximum atomic E-state index is 12.8. The lowest BCUT2D eigenvalue weighted by Crippen LogP contribution is -1.85. The fourth-order valence-electron chi connectivity index (χ4n) is 0.972. The summed E-state index contributed by atoms with van der Waals surface area (Å²) < 4.78 is 22.7. The highest BCUT2D eigenvalue weighted by molar-refractivity contribution is 9.10. The molecule has 3 nitrogen and oxygen atoms in total. The fourth-order valence-corrected chi connectivity index (χ4v) is 1.95. The van der Waals surface area contributed by atoms with Gasteiger partial charge in [-0.3, -0.25) is 0 Å². The van der Waals surface area contributed by atoms with Crippen LogP contribution in [0.3, 0.4) is 0 Å². The number of rotatable bonds is 2. The Labute approximate surface area is 98.2 Å². The summed E-state index contributed by atoms with van der Waals surface area (Å²) in [5.41, 5.74) is 0. The summed E-state index contributed by atoms with van der Waals surface area (Å²) >= 11 is 4.36. The minimum absolute atomic E-state index is 0.317. The van der Waals surface area contributed by atoms with Crippen LogP contribution >= 0.6 is 27.5 Å². The third-order valence-electron chi connectivity index (χ3n) is 1.60. The van der Waals surface area contributed by atoms with Crippen molar-refractivity contribution in [3.8, 4) is 10.9 Å². The summed E-state index contributed by atoms with van der Waals surface area (Å²) in [6.07, 6.45) is 0. The first-order chi connectivity index (χ1) is 7.15. The molecular formula is C9H6BrFN2OS. The first kappa shape index (κ1) is 10.5. The first-order valence-corrected chi connectivity index (χ1v) is 5.65. The minimum Gasteiger partial charge on any atom is -0.429 e. The molecule has 6 heteroatoms. The van der Waals surface area contributed by atoms with E-state index in [1.165, 1.54) is 18.2 Å². The predicted octanol–water partition coefficient (Wildman–Crippen LogP) is 3.54. The van der Waals surface area contributed by atoms with Crippen LogP contribution in [-0.4, -0.2) is 9.36 Å². The van der Waals surface area contributed by atoms with Crippen LogP contribution in [0.4, 0.5) is 4.39 Å². The third kappa shape index (κ3) is 2.51. The van der Waals surface area contributed by atoms with E-state index in [4.69, 9.17) is 4.74 Å². The van der Waals surface area contributed by atoms with E-state index in [1.54, 1.807) is 6.92 Å². The van der Waals surface area contributed by atoms with Crippen LogP contribution in [0.1, 0.15) is 5.82 Å². The van der Waals surface area contributed by atoms with Crippen LogP contribution < -0.4 is 4.74 Å². The molecule has 0 saturated heterocycles. The molecule has 1 aromatic carbocycles. The number of hydrogen-bond acceptors (Lipinski definition) is 4. The van der Waals surface area contributed by atoms with Crippen LogP contribution in [0.25, 0.3) is 0 Å². The highest BCUT2D eigenvalue weighted by Crippen LogP contribution is 2.30. The van der Waals surface area contributed by atoms with Crippen LogP contribution in [0, 0.1) is 12.7 Å². The van der Waals surface area contributed by atoms with E-state index in [9.17, 15) is 4.39 Å². The number of hydrogen-bond donors (Lipinski definition) is 0. The van der Waals surface area contributed by atoms with Crippen molar-refractivity contribution in [1.29, 1.82) is 0 Å². The van der Waals surface area contributed by atoms with E-state index >= 15 is 0 Å². The van der Waals surface area contributed by atoms with Crippen molar-refractivity contribution >= 4 is 27.5 Å². The summed E-state index contributed by atoms with van der Waals surface area (Å²) in [5, 5.41) is 0.444. The molecule has 1 aromatic heterocycles. The van der Waals surface area contributed by atoms with Crippen molar-refractivity contribution in [3.05, 3.63) is 34.3 Å². The molecule has 78 valence electrons.